The van der Waals surface area contributed by atoms with Crippen molar-refractivity contribution in [2.45, 2.75) is 33.6 Å². The maximum absolute atomic E-state index is 4.33. The Morgan fingerprint density at radius 3 is 2.57 bits per heavy atom. The minimum absolute atomic E-state index is 0.365. The molecule has 0 aliphatic carbocycles. The Morgan fingerprint density at radius 2 is 1.93 bits per heavy atom. The number of nitrogens with one attached hydrogen (secondary N) is 1. The first kappa shape index (κ1) is 10.6. The maximum atomic E-state index is 4.33. The van der Waals surface area contributed by atoms with Crippen LogP contribution in [0.1, 0.15) is 39.4 Å². The summed E-state index contributed by atoms with van der Waals surface area (Å²) in [5.41, 5.74) is 1.77. The molecule has 4 heteroatoms. The third kappa shape index (κ3) is 2.07. The average Bonchev–Trinajstić information content (AvgIpc) is 2.67. The molecule has 0 radical (unpaired) electrons. The van der Waals surface area contributed by atoms with E-state index in [9.17, 15) is 0 Å². The van der Waals surface area contributed by atoms with Crippen LogP contribution in [0.15, 0.2) is 12.4 Å². The van der Waals surface area contributed by atoms with E-state index in [1.807, 2.05) is 13.8 Å². The highest BCUT2D eigenvalue weighted by Crippen LogP contribution is 2.11. The van der Waals surface area contributed by atoms with Gasteiger partial charge in [0.1, 0.15) is 16.9 Å². The van der Waals surface area contributed by atoms with Gasteiger partial charge in [0.15, 0.2) is 0 Å². The van der Waals surface area contributed by atoms with Gasteiger partial charge in [-0.05, 0) is 0 Å². The highest BCUT2D eigenvalue weighted by atomic mass is 15.1. The van der Waals surface area contributed by atoms with Crippen molar-refractivity contribution >= 4 is 11.0 Å². The van der Waals surface area contributed by atoms with E-state index in [2.05, 4.69) is 34.0 Å². The summed E-state index contributed by atoms with van der Waals surface area (Å²) in [4.78, 5) is 8.53. The quantitative estimate of drug-likeness (QED) is 0.755. The molecule has 0 saturated carbocycles. The third-order valence-corrected chi connectivity index (χ3v) is 1.73. The summed E-state index contributed by atoms with van der Waals surface area (Å²) < 4.78 is 0. The Labute approximate surface area is 83.8 Å². The molecule has 0 amide bonds. The van der Waals surface area contributed by atoms with Crippen LogP contribution in [-0.2, 0) is 0 Å². The molecule has 0 saturated heterocycles. The molecule has 2 aromatic rings. The lowest BCUT2D eigenvalue weighted by Gasteiger charge is -2.00. The van der Waals surface area contributed by atoms with E-state index in [4.69, 9.17) is 0 Å². The monoisotopic (exact) mass is 192 g/mol. The van der Waals surface area contributed by atoms with Crippen LogP contribution in [0, 0.1) is 0 Å². The molecule has 0 aliphatic rings. The fraction of sp³-hybridized carbons (Fsp3) is 0.500. The average molecular weight is 192 g/mol. The first-order chi connectivity index (χ1) is 6.77. The predicted octanol–water partition coefficient (Wildman–Crippen LogP) is 2.50. The number of aromatic nitrogens is 4. The Morgan fingerprint density at radius 1 is 1.21 bits per heavy atom. The van der Waals surface area contributed by atoms with Crippen LogP contribution in [-0.4, -0.2) is 20.2 Å². The molecule has 0 unspecified atom stereocenters. The standard InChI is InChI=1S/C8H10N4.C2H6/c1-5(2)8-9-3-7-6(11-8)4-10-12-7;1-2/h3-5H,1-2H3,(H,10,12);1-2H3. The first-order valence-corrected chi connectivity index (χ1v) is 4.93. The molecular weight excluding hydrogens is 176 g/mol. The van der Waals surface area contributed by atoms with Gasteiger partial charge in [0, 0.05) is 5.92 Å². The molecular formula is C10H16N4. The molecule has 14 heavy (non-hydrogen) atoms. The Bertz CT molecular complexity index is 392. The normalized spacial score (nSPS) is 10.1. The van der Waals surface area contributed by atoms with E-state index < -0.39 is 0 Å². The molecule has 1 N–H and O–H groups in total. The predicted molar refractivity (Wildman–Crippen MR) is 57.1 cm³/mol. The van der Waals surface area contributed by atoms with E-state index >= 15 is 0 Å². The van der Waals surface area contributed by atoms with Crippen molar-refractivity contribution in [3.8, 4) is 0 Å². The summed E-state index contributed by atoms with van der Waals surface area (Å²) in [6.45, 7) is 8.14. The third-order valence-electron chi connectivity index (χ3n) is 1.73. The van der Waals surface area contributed by atoms with Crippen molar-refractivity contribution in [1.82, 2.24) is 20.2 Å². The molecule has 0 atom stereocenters. The zero-order chi connectivity index (χ0) is 10.6. The number of hydrogen-bond acceptors (Lipinski definition) is 3. The highest BCUT2D eigenvalue weighted by Gasteiger charge is 2.04. The first-order valence-electron chi connectivity index (χ1n) is 4.93. The van der Waals surface area contributed by atoms with Gasteiger partial charge in [-0.15, -0.1) is 0 Å². The zero-order valence-electron chi connectivity index (χ0n) is 9.07. The second kappa shape index (κ2) is 4.69. The lowest BCUT2D eigenvalue weighted by Crippen LogP contribution is -1.95. The Kier molecular flexibility index (Phi) is 3.56. The van der Waals surface area contributed by atoms with Gasteiger partial charge >= 0.3 is 0 Å². The Balaban J connectivity index is 0.000000461. The molecule has 2 heterocycles. The van der Waals surface area contributed by atoms with E-state index in [1.165, 1.54) is 0 Å². The van der Waals surface area contributed by atoms with Gasteiger partial charge < -0.3 is 0 Å². The minimum Gasteiger partial charge on any atom is -0.275 e. The zero-order valence-corrected chi connectivity index (χ0v) is 9.07. The van der Waals surface area contributed by atoms with E-state index in [0.29, 0.717) is 5.92 Å². The van der Waals surface area contributed by atoms with Crippen molar-refractivity contribution in [2.75, 3.05) is 0 Å². The van der Waals surface area contributed by atoms with Crippen LogP contribution in [0.25, 0.3) is 11.0 Å². The second-order valence-corrected chi connectivity index (χ2v) is 3.05. The number of H-pyrrole nitrogens is 1. The fourth-order valence-corrected chi connectivity index (χ4v) is 1.04. The molecule has 2 aromatic heterocycles. The van der Waals surface area contributed by atoms with Gasteiger partial charge in [-0.3, -0.25) is 5.10 Å². The highest BCUT2D eigenvalue weighted by molar-refractivity contribution is 5.71. The van der Waals surface area contributed by atoms with Crippen LogP contribution in [0.4, 0.5) is 0 Å². The molecule has 0 fully saturated rings. The van der Waals surface area contributed by atoms with Gasteiger partial charge in [-0.1, -0.05) is 27.7 Å². The largest absolute Gasteiger partial charge is 0.275 e. The van der Waals surface area contributed by atoms with Crippen molar-refractivity contribution < 1.29 is 0 Å². The summed E-state index contributed by atoms with van der Waals surface area (Å²) in [6.07, 6.45) is 3.48. The van der Waals surface area contributed by atoms with Crippen LogP contribution >= 0.6 is 0 Å². The summed E-state index contributed by atoms with van der Waals surface area (Å²) in [5.74, 6) is 1.23. The van der Waals surface area contributed by atoms with Gasteiger partial charge in [-0.25, -0.2) is 9.97 Å². The Hall–Kier alpha value is -1.45. The summed E-state index contributed by atoms with van der Waals surface area (Å²) in [7, 11) is 0. The topological polar surface area (TPSA) is 54.5 Å². The van der Waals surface area contributed by atoms with Crippen molar-refractivity contribution in [3.63, 3.8) is 0 Å². The lowest BCUT2D eigenvalue weighted by molar-refractivity contribution is 0.783. The van der Waals surface area contributed by atoms with Gasteiger partial charge in [0.05, 0.1) is 12.4 Å². The van der Waals surface area contributed by atoms with Crippen LogP contribution < -0.4 is 0 Å². The SMILES string of the molecule is CC.CC(C)c1ncc2[nH]ncc2n1. The molecule has 2 rings (SSSR count). The molecule has 0 aliphatic heterocycles. The van der Waals surface area contributed by atoms with Crippen molar-refractivity contribution in [1.29, 1.82) is 0 Å². The van der Waals surface area contributed by atoms with E-state index in [1.54, 1.807) is 12.4 Å². The fourth-order valence-electron chi connectivity index (χ4n) is 1.04. The van der Waals surface area contributed by atoms with Gasteiger partial charge in [-0.2, -0.15) is 5.10 Å². The molecule has 0 bridgehead atoms. The van der Waals surface area contributed by atoms with Crippen LogP contribution in [0.2, 0.25) is 0 Å². The number of aromatic amines is 1. The maximum Gasteiger partial charge on any atom is 0.131 e. The number of rotatable bonds is 1. The lowest BCUT2D eigenvalue weighted by atomic mass is 10.2. The molecule has 0 aromatic carbocycles. The van der Waals surface area contributed by atoms with Crippen LogP contribution in [0.5, 0.6) is 0 Å². The van der Waals surface area contributed by atoms with Crippen molar-refractivity contribution in [3.05, 3.63) is 18.2 Å². The smallest absolute Gasteiger partial charge is 0.131 e. The molecule has 0 spiro atoms. The summed E-state index contributed by atoms with van der Waals surface area (Å²) in [6, 6.07) is 0. The molecule has 76 valence electrons. The van der Waals surface area contributed by atoms with Gasteiger partial charge in [0.25, 0.3) is 0 Å². The van der Waals surface area contributed by atoms with E-state index in [-0.39, 0.29) is 0 Å². The van der Waals surface area contributed by atoms with E-state index in [0.717, 1.165) is 16.9 Å². The number of fused-ring (bicyclic) bond motifs is 1. The van der Waals surface area contributed by atoms with Gasteiger partial charge in [0.2, 0.25) is 0 Å². The number of hydrogen-bond donors (Lipinski definition) is 1. The summed E-state index contributed by atoms with van der Waals surface area (Å²) in [5, 5.41) is 6.68. The van der Waals surface area contributed by atoms with Crippen molar-refractivity contribution in [2.24, 2.45) is 0 Å². The van der Waals surface area contributed by atoms with Crippen LogP contribution in [0.3, 0.4) is 0 Å². The molecule has 4 nitrogen and oxygen atoms in total. The summed E-state index contributed by atoms with van der Waals surface area (Å²) >= 11 is 0. The second-order valence-electron chi connectivity index (χ2n) is 3.05. The number of nitrogens with zero attached hydrogens (tertiary/aromatic N) is 3. The minimum atomic E-state index is 0.365.